The Morgan fingerprint density at radius 2 is 1.86 bits per heavy atom. The first-order valence-electron chi connectivity index (χ1n) is 9.35. The SMILES string of the molecule is COC(=O)[C@H](CC(C)C)NC(=O)COC(=O)CN1C(=O)NC2(CCCC2)C1=O. The van der Waals surface area contributed by atoms with E-state index in [1.54, 1.807) is 0 Å². The number of carbonyl (C=O) groups is 5. The molecule has 2 rings (SSSR count). The molecule has 156 valence electrons. The lowest BCUT2D eigenvalue weighted by molar-refractivity contribution is -0.152. The topological polar surface area (TPSA) is 131 Å². The maximum absolute atomic E-state index is 12.5. The van der Waals surface area contributed by atoms with Crippen LogP contribution in [0.3, 0.4) is 0 Å². The number of rotatable bonds is 8. The Morgan fingerprint density at radius 1 is 1.21 bits per heavy atom. The molecule has 1 aliphatic carbocycles. The highest BCUT2D eigenvalue weighted by atomic mass is 16.5. The van der Waals surface area contributed by atoms with Crippen LogP contribution in [0.1, 0.15) is 46.0 Å². The summed E-state index contributed by atoms with van der Waals surface area (Å²) in [6, 6.07) is -1.47. The van der Waals surface area contributed by atoms with Crippen molar-refractivity contribution in [2.75, 3.05) is 20.3 Å². The molecular weight excluding hydrogens is 370 g/mol. The average molecular weight is 397 g/mol. The van der Waals surface area contributed by atoms with E-state index in [4.69, 9.17) is 4.74 Å². The number of hydrogen-bond donors (Lipinski definition) is 2. The second kappa shape index (κ2) is 9.03. The number of methoxy groups -OCH3 is 1. The molecule has 0 aromatic carbocycles. The summed E-state index contributed by atoms with van der Waals surface area (Å²) >= 11 is 0. The van der Waals surface area contributed by atoms with Gasteiger partial charge in [-0.15, -0.1) is 0 Å². The molecule has 0 radical (unpaired) electrons. The molecule has 1 saturated heterocycles. The molecule has 2 N–H and O–H groups in total. The van der Waals surface area contributed by atoms with Gasteiger partial charge in [0, 0.05) is 0 Å². The van der Waals surface area contributed by atoms with Gasteiger partial charge in [0.1, 0.15) is 18.1 Å². The molecule has 0 bridgehead atoms. The third-order valence-corrected chi connectivity index (χ3v) is 4.88. The van der Waals surface area contributed by atoms with Crippen molar-refractivity contribution in [1.29, 1.82) is 0 Å². The predicted molar refractivity (Wildman–Crippen MR) is 95.8 cm³/mol. The highest BCUT2D eigenvalue weighted by Gasteiger charge is 2.52. The Kier molecular flexibility index (Phi) is 6.98. The molecule has 1 saturated carbocycles. The molecule has 10 nitrogen and oxygen atoms in total. The fourth-order valence-corrected chi connectivity index (χ4v) is 3.52. The highest BCUT2D eigenvalue weighted by molar-refractivity contribution is 6.08. The number of urea groups is 1. The molecule has 0 aromatic rings. The van der Waals surface area contributed by atoms with Crippen LogP contribution in [0.4, 0.5) is 4.79 Å². The number of amides is 4. The predicted octanol–water partition coefficient (Wildman–Crippen LogP) is 0.0981. The molecule has 2 fully saturated rings. The van der Waals surface area contributed by atoms with Gasteiger partial charge in [0.2, 0.25) is 0 Å². The molecule has 0 aromatic heterocycles. The van der Waals surface area contributed by atoms with Crippen molar-refractivity contribution in [2.24, 2.45) is 5.92 Å². The van der Waals surface area contributed by atoms with Crippen LogP contribution in [0.15, 0.2) is 0 Å². The molecule has 28 heavy (non-hydrogen) atoms. The Labute approximate surface area is 163 Å². The van der Waals surface area contributed by atoms with Crippen LogP contribution >= 0.6 is 0 Å². The van der Waals surface area contributed by atoms with E-state index in [2.05, 4.69) is 15.4 Å². The van der Waals surface area contributed by atoms with Crippen molar-refractivity contribution in [3.05, 3.63) is 0 Å². The van der Waals surface area contributed by atoms with E-state index in [0.717, 1.165) is 17.7 Å². The number of esters is 2. The lowest BCUT2D eigenvalue weighted by Crippen LogP contribution is -2.45. The van der Waals surface area contributed by atoms with E-state index in [1.165, 1.54) is 7.11 Å². The van der Waals surface area contributed by atoms with Gasteiger partial charge in [-0.3, -0.25) is 19.3 Å². The molecular formula is C18H27N3O7. The van der Waals surface area contributed by atoms with Gasteiger partial charge in [-0.1, -0.05) is 26.7 Å². The fourth-order valence-electron chi connectivity index (χ4n) is 3.52. The summed E-state index contributed by atoms with van der Waals surface area (Å²) in [5.41, 5.74) is -0.903. The van der Waals surface area contributed by atoms with Crippen molar-refractivity contribution in [3.8, 4) is 0 Å². The summed E-state index contributed by atoms with van der Waals surface area (Å²) in [4.78, 5) is 61.0. The molecule has 1 aliphatic heterocycles. The second-order valence-corrected chi connectivity index (χ2v) is 7.54. The Morgan fingerprint density at radius 3 is 2.43 bits per heavy atom. The van der Waals surface area contributed by atoms with Gasteiger partial charge in [-0.2, -0.15) is 0 Å². The van der Waals surface area contributed by atoms with Crippen LogP contribution in [0, 0.1) is 5.92 Å². The first-order valence-corrected chi connectivity index (χ1v) is 9.35. The van der Waals surface area contributed by atoms with Gasteiger partial charge >= 0.3 is 18.0 Å². The zero-order valence-electron chi connectivity index (χ0n) is 16.4. The van der Waals surface area contributed by atoms with Crippen molar-refractivity contribution in [3.63, 3.8) is 0 Å². The number of ether oxygens (including phenoxy) is 2. The maximum Gasteiger partial charge on any atom is 0.328 e. The number of imide groups is 1. The Hall–Kier alpha value is -2.65. The molecule has 4 amide bonds. The van der Waals surface area contributed by atoms with Gasteiger partial charge < -0.3 is 20.1 Å². The summed E-state index contributed by atoms with van der Waals surface area (Å²) in [6.45, 7) is 2.58. The molecule has 1 spiro atoms. The van der Waals surface area contributed by atoms with Crippen molar-refractivity contribution >= 4 is 29.8 Å². The van der Waals surface area contributed by atoms with Crippen LogP contribution in [0.5, 0.6) is 0 Å². The van der Waals surface area contributed by atoms with Gasteiger partial charge in [-0.05, 0) is 25.2 Å². The number of hydrogen-bond acceptors (Lipinski definition) is 7. The average Bonchev–Trinajstić information content (AvgIpc) is 3.19. The van der Waals surface area contributed by atoms with Crippen LogP contribution in [-0.4, -0.2) is 66.5 Å². The largest absolute Gasteiger partial charge is 0.467 e. The van der Waals surface area contributed by atoms with Crippen molar-refractivity contribution in [1.82, 2.24) is 15.5 Å². The minimum Gasteiger partial charge on any atom is -0.467 e. The summed E-state index contributed by atoms with van der Waals surface area (Å²) in [5.74, 6) is -2.44. The molecule has 1 heterocycles. The highest BCUT2D eigenvalue weighted by Crippen LogP contribution is 2.34. The summed E-state index contributed by atoms with van der Waals surface area (Å²) in [7, 11) is 1.22. The molecule has 1 atom stereocenters. The van der Waals surface area contributed by atoms with E-state index in [9.17, 15) is 24.0 Å². The lowest BCUT2D eigenvalue weighted by atomic mass is 9.98. The lowest BCUT2D eigenvalue weighted by Gasteiger charge is -2.20. The Bertz CT molecular complexity index is 656. The van der Waals surface area contributed by atoms with Crippen LogP contribution in [-0.2, 0) is 28.7 Å². The quantitative estimate of drug-likeness (QED) is 0.438. The zero-order valence-corrected chi connectivity index (χ0v) is 16.4. The summed E-state index contributed by atoms with van der Waals surface area (Å²) < 4.78 is 9.50. The standard InChI is InChI=1S/C18H27N3O7/c1-11(2)8-12(15(24)27-3)19-13(22)10-28-14(23)9-21-16(25)18(20-17(21)26)6-4-5-7-18/h11-12H,4-10H2,1-3H3,(H,19,22)(H,20,26)/t12-/m0/s1. The minimum absolute atomic E-state index is 0.134. The van der Waals surface area contributed by atoms with Gasteiger partial charge in [0.25, 0.3) is 11.8 Å². The smallest absolute Gasteiger partial charge is 0.328 e. The van der Waals surface area contributed by atoms with E-state index in [0.29, 0.717) is 19.3 Å². The first-order chi connectivity index (χ1) is 13.2. The van der Waals surface area contributed by atoms with E-state index < -0.39 is 54.5 Å². The second-order valence-electron chi connectivity index (χ2n) is 7.54. The number of nitrogens with zero attached hydrogens (tertiary/aromatic N) is 1. The van der Waals surface area contributed by atoms with E-state index >= 15 is 0 Å². The number of nitrogens with one attached hydrogen (secondary N) is 2. The van der Waals surface area contributed by atoms with Crippen molar-refractivity contribution in [2.45, 2.75) is 57.5 Å². The fraction of sp³-hybridized carbons (Fsp3) is 0.722. The third kappa shape index (κ3) is 4.99. The van der Waals surface area contributed by atoms with Crippen LogP contribution in [0.25, 0.3) is 0 Å². The van der Waals surface area contributed by atoms with E-state index in [1.807, 2.05) is 13.8 Å². The number of carbonyl (C=O) groups excluding carboxylic acids is 5. The third-order valence-electron chi connectivity index (χ3n) is 4.88. The summed E-state index contributed by atoms with van der Waals surface area (Å²) in [5, 5.41) is 5.12. The molecule has 10 heteroatoms. The molecule has 2 aliphatic rings. The molecule has 0 unspecified atom stereocenters. The first kappa shape index (κ1) is 21.6. The van der Waals surface area contributed by atoms with Crippen LogP contribution < -0.4 is 10.6 Å². The van der Waals surface area contributed by atoms with E-state index in [-0.39, 0.29) is 5.92 Å². The minimum atomic E-state index is -0.903. The van der Waals surface area contributed by atoms with Crippen molar-refractivity contribution < 1.29 is 33.4 Å². The Balaban J connectivity index is 1.83. The zero-order chi connectivity index (χ0) is 20.9. The summed E-state index contributed by atoms with van der Waals surface area (Å²) in [6.07, 6.45) is 3.15. The van der Waals surface area contributed by atoms with Crippen LogP contribution in [0.2, 0.25) is 0 Å². The van der Waals surface area contributed by atoms with Gasteiger partial charge in [-0.25, -0.2) is 9.59 Å². The normalized spacial score (nSPS) is 18.9. The maximum atomic E-state index is 12.5. The monoisotopic (exact) mass is 397 g/mol. The van der Waals surface area contributed by atoms with Gasteiger partial charge in [0.15, 0.2) is 6.61 Å². The van der Waals surface area contributed by atoms with Gasteiger partial charge in [0.05, 0.1) is 7.11 Å².